The van der Waals surface area contributed by atoms with Crippen LogP contribution in [0.25, 0.3) is 0 Å². The quantitative estimate of drug-likeness (QED) is 0.508. The summed E-state index contributed by atoms with van der Waals surface area (Å²) in [7, 11) is 2.02. The van der Waals surface area contributed by atoms with E-state index in [4.69, 9.17) is 0 Å². The Morgan fingerprint density at radius 1 is 1.20 bits per heavy atom. The topological polar surface area (TPSA) is 15.6 Å². The number of hydrogen-bond acceptors (Lipinski definition) is 2. The van der Waals surface area contributed by atoms with E-state index >= 15 is 0 Å². The van der Waals surface area contributed by atoms with Gasteiger partial charge in [0.05, 0.1) is 12.9 Å². The van der Waals surface area contributed by atoms with Crippen molar-refractivity contribution in [1.82, 2.24) is 4.90 Å². The predicted octanol–water partition coefficient (Wildman–Crippen LogP) is 2.01. The molecule has 0 aliphatic carbocycles. The molecule has 62 valence electrons. The Morgan fingerprint density at radius 3 is 1.80 bits per heavy atom. The molecule has 0 atom stereocenters. The maximum absolute atomic E-state index is 3.97. The monoisotopic (exact) mass is 144 g/mol. The zero-order valence-electron chi connectivity index (χ0n) is 7.89. The fourth-order valence-corrected chi connectivity index (χ4v) is 0.470. The molecule has 0 saturated heterocycles. The molecule has 0 saturated carbocycles. The van der Waals surface area contributed by atoms with Gasteiger partial charge in [0.25, 0.3) is 0 Å². The van der Waals surface area contributed by atoms with E-state index in [0.29, 0.717) is 0 Å². The molecule has 0 aromatic rings. The third-order valence-corrected chi connectivity index (χ3v) is 0.861. The molecule has 0 bridgehead atoms. The molecule has 0 spiro atoms. The largest absolute Gasteiger partial charge is 0.364 e. The standard InChI is InChI=1S/C4H8N2.2C2H6/c1-6-3-2-5-4-6;2*1-2/h4H,2-3H2,1H3;2*1-2H3. The van der Waals surface area contributed by atoms with Crippen molar-refractivity contribution in [3.8, 4) is 0 Å². The SMILES string of the molecule is CC.CC.CN1C=NCC1. The van der Waals surface area contributed by atoms with E-state index in [-0.39, 0.29) is 0 Å². The van der Waals surface area contributed by atoms with Crippen LogP contribution in [-0.4, -0.2) is 31.4 Å². The lowest BCUT2D eigenvalue weighted by atomic mass is 10.6. The maximum Gasteiger partial charge on any atom is 0.0848 e. The number of aliphatic imine (C=N–C) groups is 1. The Kier molecular flexibility index (Phi) is 13.7. The van der Waals surface area contributed by atoms with E-state index in [1.54, 1.807) is 0 Å². The highest BCUT2D eigenvalue weighted by molar-refractivity contribution is 5.56. The summed E-state index contributed by atoms with van der Waals surface area (Å²) in [6.07, 6.45) is 1.86. The van der Waals surface area contributed by atoms with Gasteiger partial charge in [0.1, 0.15) is 0 Å². The molecular weight excluding hydrogens is 124 g/mol. The first-order chi connectivity index (χ1) is 4.89. The van der Waals surface area contributed by atoms with Gasteiger partial charge in [-0.15, -0.1) is 0 Å². The molecule has 0 unspecified atom stereocenters. The number of nitrogens with zero attached hydrogens (tertiary/aromatic N) is 2. The van der Waals surface area contributed by atoms with Crippen LogP contribution in [0.3, 0.4) is 0 Å². The Balaban J connectivity index is 0. The molecule has 0 aromatic heterocycles. The molecule has 1 aliphatic heterocycles. The lowest BCUT2D eigenvalue weighted by Gasteiger charge is -1.99. The fraction of sp³-hybridized carbons (Fsp3) is 0.875. The van der Waals surface area contributed by atoms with Crippen LogP contribution < -0.4 is 0 Å². The van der Waals surface area contributed by atoms with Crippen LogP contribution in [0.4, 0.5) is 0 Å². The second-order valence-corrected chi connectivity index (χ2v) is 1.50. The van der Waals surface area contributed by atoms with Gasteiger partial charge in [-0.1, -0.05) is 27.7 Å². The molecule has 1 heterocycles. The van der Waals surface area contributed by atoms with Crippen molar-refractivity contribution in [1.29, 1.82) is 0 Å². The van der Waals surface area contributed by atoms with Crippen molar-refractivity contribution in [3.05, 3.63) is 0 Å². The Labute approximate surface area is 65.0 Å². The summed E-state index contributed by atoms with van der Waals surface area (Å²) >= 11 is 0. The first-order valence-corrected chi connectivity index (χ1v) is 4.10. The van der Waals surface area contributed by atoms with Gasteiger partial charge in [0, 0.05) is 13.6 Å². The van der Waals surface area contributed by atoms with Gasteiger partial charge in [-0.05, 0) is 0 Å². The zero-order valence-corrected chi connectivity index (χ0v) is 7.89. The second kappa shape index (κ2) is 11.3. The molecule has 0 aromatic carbocycles. The molecule has 0 fully saturated rings. The van der Waals surface area contributed by atoms with Crippen molar-refractivity contribution < 1.29 is 0 Å². The summed E-state index contributed by atoms with van der Waals surface area (Å²) in [5.41, 5.74) is 0. The Hall–Kier alpha value is -0.530. The highest BCUT2D eigenvalue weighted by Crippen LogP contribution is 1.84. The highest BCUT2D eigenvalue weighted by Gasteiger charge is 1.94. The van der Waals surface area contributed by atoms with E-state index in [2.05, 4.69) is 9.89 Å². The van der Waals surface area contributed by atoms with Crippen LogP contribution in [0, 0.1) is 0 Å². The van der Waals surface area contributed by atoms with Gasteiger partial charge in [-0.25, -0.2) is 0 Å². The average molecular weight is 144 g/mol. The van der Waals surface area contributed by atoms with Crippen LogP contribution in [-0.2, 0) is 0 Å². The van der Waals surface area contributed by atoms with Gasteiger partial charge >= 0.3 is 0 Å². The van der Waals surface area contributed by atoms with Gasteiger partial charge in [-0.2, -0.15) is 0 Å². The Bertz CT molecular complexity index is 69.7. The number of hydrogen-bond donors (Lipinski definition) is 0. The second-order valence-electron chi connectivity index (χ2n) is 1.50. The van der Waals surface area contributed by atoms with Crippen LogP contribution in [0.5, 0.6) is 0 Å². The predicted molar refractivity (Wildman–Crippen MR) is 48.7 cm³/mol. The Morgan fingerprint density at radius 2 is 1.70 bits per heavy atom. The van der Waals surface area contributed by atoms with Gasteiger partial charge in [0.2, 0.25) is 0 Å². The molecule has 10 heavy (non-hydrogen) atoms. The summed E-state index contributed by atoms with van der Waals surface area (Å²) in [5, 5.41) is 0. The molecule has 0 N–H and O–H groups in total. The average Bonchev–Trinajstić information content (AvgIpc) is 2.48. The van der Waals surface area contributed by atoms with Gasteiger partial charge in [-0.3, -0.25) is 4.99 Å². The molecule has 0 radical (unpaired) electrons. The highest BCUT2D eigenvalue weighted by atomic mass is 15.2. The van der Waals surface area contributed by atoms with Crippen LogP contribution in [0.1, 0.15) is 27.7 Å². The minimum atomic E-state index is 0.983. The third kappa shape index (κ3) is 7.47. The third-order valence-electron chi connectivity index (χ3n) is 0.861. The van der Waals surface area contributed by atoms with Gasteiger partial charge in [0.15, 0.2) is 0 Å². The fourth-order valence-electron chi connectivity index (χ4n) is 0.470. The van der Waals surface area contributed by atoms with Gasteiger partial charge < -0.3 is 4.90 Å². The maximum atomic E-state index is 3.97. The van der Waals surface area contributed by atoms with Crippen molar-refractivity contribution in [2.45, 2.75) is 27.7 Å². The summed E-state index contributed by atoms with van der Waals surface area (Å²) in [6, 6.07) is 0. The van der Waals surface area contributed by atoms with Crippen molar-refractivity contribution in [2.24, 2.45) is 4.99 Å². The lowest BCUT2D eigenvalue weighted by molar-refractivity contribution is 0.568. The van der Waals surface area contributed by atoms with Crippen molar-refractivity contribution in [2.75, 3.05) is 20.1 Å². The van der Waals surface area contributed by atoms with Crippen LogP contribution >= 0.6 is 0 Å². The molecule has 2 nitrogen and oxygen atoms in total. The van der Waals surface area contributed by atoms with E-state index in [1.165, 1.54) is 0 Å². The molecular formula is C8H20N2. The number of rotatable bonds is 0. The summed E-state index contributed by atoms with van der Waals surface area (Å²) in [4.78, 5) is 6.03. The van der Waals surface area contributed by atoms with E-state index < -0.39 is 0 Å². The van der Waals surface area contributed by atoms with E-state index in [9.17, 15) is 0 Å². The van der Waals surface area contributed by atoms with E-state index in [0.717, 1.165) is 13.1 Å². The smallest absolute Gasteiger partial charge is 0.0848 e. The van der Waals surface area contributed by atoms with Crippen LogP contribution in [0.15, 0.2) is 4.99 Å². The first kappa shape index (κ1) is 12.2. The van der Waals surface area contributed by atoms with Crippen molar-refractivity contribution in [3.63, 3.8) is 0 Å². The minimum Gasteiger partial charge on any atom is -0.364 e. The lowest BCUT2D eigenvalue weighted by Crippen LogP contribution is -2.11. The normalized spacial score (nSPS) is 13.1. The summed E-state index contributed by atoms with van der Waals surface area (Å²) in [5.74, 6) is 0. The van der Waals surface area contributed by atoms with E-state index in [1.807, 2.05) is 41.1 Å². The summed E-state index contributed by atoms with van der Waals surface area (Å²) in [6.45, 7) is 10.1. The molecule has 2 heteroatoms. The van der Waals surface area contributed by atoms with Crippen LogP contribution in [0.2, 0.25) is 0 Å². The first-order valence-electron chi connectivity index (χ1n) is 4.10. The minimum absolute atomic E-state index is 0.983. The zero-order chi connectivity index (χ0) is 8.41. The number of likely N-dealkylation sites (N-methyl/N-ethyl adjacent to an activating group) is 1. The van der Waals surface area contributed by atoms with Crippen molar-refractivity contribution >= 4 is 6.34 Å². The molecule has 0 amide bonds. The summed E-state index contributed by atoms with van der Waals surface area (Å²) < 4.78 is 0. The molecule has 1 rings (SSSR count). The molecule has 1 aliphatic rings.